The number of rotatable bonds is 5. The molecule has 0 aliphatic heterocycles. The van der Waals surface area contributed by atoms with E-state index in [4.69, 9.17) is 5.73 Å². The topological polar surface area (TPSA) is 84.2 Å². The number of carbonyl (C=O) groups excluding carboxylic acids is 2. The van der Waals surface area contributed by atoms with Crippen molar-refractivity contribution in [1.29, 1.82) is 0 Å². The largest absolute Gasteiger partial charge is 0.347 e. The van der Waals surface area contributed by atoms with Gasteiger partial charge in [-0.2, -0.15) is 0 Å². The van der Waals surface area contributed by atoms with Crippen molar-refractivity contribution >= 4 is 29.9 Å². The van der Waals surface area contributed by atoms with Crippen molar-refractivity contribution in [2.45, 2.75) is 19.9 Å². The lowest BCUT2D eigenvalue weighted by atomic mass is 10.0. The van der Waals surface area contributed by atoms with E-state index in [9.17, 15) is 14.0 Å². The van der Waals surface area contributed by atoms with Gasteiger partial charge in [-0.25, -0.2) is 4.39 Å². The molecule has 1 rings (SSSR count). The Hall–Kier alpha value is -1.66. The Morgan fingerprint density at radius 3 is 2.30 bits per heavy atom. The minimum Gasteiger partial charge on any atom is -0.347 e. The molecule has 0 spiro atoms. The van der Waals surface area contributed by atoms with E-state index < -0.39 is 0 Å². The van der Waals surface area contributed by atoms with Crippen LogP contribution in [0.3, 0.4) is 0 Å². The van der Waals surface area contributed by atoms with Gasteiger partial charge in [-0.05, 0) is 31.2 Å². The Balaban J connectivity index is 0.00000361. The van der Waals surface area contributed by atoms with Crippen LogP contribution in [-0.2, 0) is 9.59 Å². The molecule has 0 aromatic heterocycles. The fourth-order valence-electron chi connectivity index (χ4n) is 1.31. The van der Waals surface area contributed by atoms with E-state index in [2.05, 4.69) is 10.6 Å². The summed E-state index contributed by atoms with van der Waals surface area (Å²) in [7, 11) is 0. The van der Waals surface area contributed by atoms with Crippen molar-refractivity contribution < 1.29 is 14.0 Å². The summed E-state index contributed by atoms with van der Waals surface area (Å²) in [4.78, 5) is 23.1. The zero-order chi connectivity index (χ0) is 14.4. The lowest BCUT2D eigenvalue weighted by Gasteiger charge is -2.15. The maximum atomic E-state index is 12.7. The summed E-state index contributed by atoms with van der Waals surface area (Å²) in [5, 5.41) is 5.03. The van der Waals surface area contributed by atoms with Gasteiger partial charge < -0.3 is 16.4 Å². The third-order valence-electron chi connectivity index (χ3n) is 2.75. The number of halogens is 2. The van der Waals surface area contributed by atoms with E-state index in [1.165, 1.54) is 24.3 Å². The van der Waals surface area contributed by atoms with E-state index in [-0.39, 0.29) is 48.5 Å². The third-order valence-corrected chi connectivity index (χ3v) is 2.75. The smallest absolute Gasteiger partial charge is 0.243 e. The van der Waals surface area contributed by atoms with Crippen LogP contribution in [0.4, 0.5) is 10.1 Å². The highest BCUT2D eigenvalue weighted by Crippen LogP contribution is 2.07. The molecular weight excluding hydrogens is 285 g/mol. The minimum atomic E-state index is -0.378. The summed E-state index contributed by atoms with van der Waals surface area (Å²) < 4.78 is 12.7. The molecule has 5 nitrogen and oxygen atoms in total. The predicted molar refractivity (Wildman–Crippen MR) is 78.1 cm³/mol. The molecule has 1 aromatic rings. The first-order valence-corrected chi connectivity index (χ1v) is 5.99. The van der Waals surface area contributed by atoms with Crippen LogP contribution in [0.5, 0.6) is 0 Å². The Bertz CT molecular complexity index is 451. The monoisotopic (exact) mass is 303 g/mol. The molecule has 4 N–H and O–H groups in total. The molecule has 0 bridgehead atoms. The summed E-state index contributed by atoms with van der Waals surface area (Å²) in [6.07, 6.45) is 0. The number of carbonyl (C=O) groups is 2. The first-order valence-electron chi connectivity index (χ1n) is 5.99. The number of hydrogen-bond donors (Lipinski definition) is 3. The molecule has 0 radical (unpaired) electrons. The van der Waals surface area contributed by atoms with Crippen LogP contribution in [0.2, 0.25) is 0 Å². The highest BCUT2D eigenvalue weighted by Gasteiger charge is 2.17. The summed E-state index contributed by atoms with van der Waals surface area (Å²) in [6, 6.07) is 5.10. The van der Waals surface area contributed by atoms with Gasteiger partial charge in [0.2, 0.25) is 11.8 Å². The van der Waals surface area contributed by atoms with E-state index in [1.807, 2.05) is 0 Å². The van der Waals surface area contributed by atoms with Gasteiger partial charge in [0.15, 0.2) is 0 Å². The molecule has 0 heterocycles. The van der Waals surface area contributed by atoms with Crippen LogP contribution < -0.4 is 16.4 Å². The molecule has 0 fully saturated rings. The molecule has 7 heteroatoms. The van der Waals surface area contributed by atoms with Crippen LogP contribution in [0.25, 0.3) is 0 Å². The first kappa shape index (κ1) is 18.3. The second-order valence-corrected chi connectivity index (χ2v) is 4.42. The molecule has 1 aromatic carbocycles. The van der Waals surface area contributed by atoms with Gasteiger partial charge in [0, 0.05) is 17.6 Å². The Labute approximate surface area is 123 Å². The van der Waals surface area contributed by atoms with Crippen molar-refractivity contribution in [3.63, 3.8) is 0 Å². The normalized spacial score (nSPS) is 12.8. The zero-order valence-corrected chi connectivity index (χ0v) is 12.2. The molecule has 0 aliphatic carbocycles. The number of hydrogen-bond acceptors (Lipinski definition) is 3. The van der Waals surface area contributed by atoms with Crippen molar-refractivity contribution in [3.05, 3.63) is 30.1 Å². The number of benzene rings is 1. The van der Waals surface area contributed by atoms with Crippen LogP contribution in [0.1, 0.15) is 13.8 Å². The van der Waals surface area contributed by atoms with Crippen LogP contribution in [0.15, 0.2) is 24.3 Å². The maximum absolute atomic E-state index is 12.7. The fourth-order valence-corrected chi connectivity index (χ4v) is 1.31. The van der Waals surface area contributed by atoms with E-state index in [0.717, 1.165) is 0 Å². The number of amides is 2. The Morgan fingerprint density at radius 1 is 1.25 bits per heavy atom. The summed E-state index contributed by atoms with van der Waals surface area (Å²) in [5.41, 5.74) is 6.06. The quantitative estimate of drug-likeness (QED) is 0.766. The first-order chi connectivity index (χ1) is 8.90. The van der Waals surface area contributed by atoms with Crippen LogP contribution in [0, 0.1) is 11.7 Å². The average Bonchev–Trinajstić information content (AvgIpc) is 2.37. The fraction of sp³-hybridized carbons (Fsp3) is 0.385. The van der Waals surface area contributed by atoms with E-state index in [0.29, 0.717) is 5.69 Å². The van der Waals surface area contributed by atoms with Crippen LogP contribution >= 0.6 is 12.4 Å². The zero-order valence-electron chi connectivity index (χ0n) is 11.4. The van der Waals surface area contributed by atoms with Gasteiger partial charge >= 0.3 is 0 Å². The van der Waals surface area contributed by atoms with Gasteiger partial charge in [-0.1, -0.05) is 6.92 Å². The standard InChI is InChI=1S/C13H18FN3O2.ClH/c1-8(9(2)15)13(19)16-7-12(18)17-11-5-3-10(14)4-6-11;/h3-6,8-9H,7,15H2,1-2H3,(H,16,19)(H,17,18);1H. The molecule has 0 saturated heterocycles. The van der Waals surface area contributed by atoms with E-state index >= 15 is 0 Å². The van der Waals surface area contributed by atoms with Crippen molar-refractivity contribution in [2.75, 3.05) is 11.9 Å². The average molecular weight is 304 g/mol. The SMILES string of the molecule is CC(N)C(C)C(=O)NCC(=O)Nc1ccc(F)cc1.Cl. The van der Waals surface area contributed by atoms with Crippen LogP contribution in [-0.4, -0.2) is 24.4 Å². The summed E-state index contributed by atoms with van der Waals surface area (Å²) in [6.45, 7) is 3.27. The number of anilines is 1. The van der Waals surface area contributed by atoms with Crippen molar-refractivity contribution in [1.82, 2.24) is 5.32 Å². The molecule has 0 saturated carbocycles. The number of nitrogens with one attached hydrogen (secondary N) is 2. The van der Waals surface area contributed by atoms with Crippen molar-refractivity contribution in [2.24, 2.45) is 11.7 Å². The lowest BCUT2D eigenvalue weighted by Crippen LogP contribution is -2.41. The molecule has 20 heavy (non-hydrogen) atoms. The Kier molecular flexibility index (Phi) is 7.79. The second-order valence-electron chi connectivity index (χ2n) is 4.42. The second kappa shape index (κ2) is 8.50. The predicted octanol–water partition coefficient (Wildman–Crippen LogP) is 1.29. The van der Waals surface area contributed by atoms with E-state index in [1.54, 1.807) is 13.8 Å². The molecule has 2 amide bonds. The molecular formula is C13H19ClFN3O2. The molecule has 2 unspecified atom stereocenters. The third kappa shape index (κ3) is 5.99. The van der Waals surface area contributed by atoms with Gasteiger partial charge in [-0.15, -0.1) is 12.4 Å². The van der Waals surface area contributed by atoms with Gasteiger partial charge in [0.1, 0.15) is 5.82 Å². The summed E-state index contributed by atoms with van der Waals surface area (Å²) in [5.74, 6) is -1.39. The van der Waals surface area contributed by atoms with Gasteiger partial charge in [0.25, 0.3) is 0 Å². The Morgan fingerprint density at radius 2 is 1.80 bits per heavy atom. The van der Waals surface area contributed by atoms with Gasteiger partial charge in [-0.3, -0.25) is 9.59 Å². The highest BCUT2D eigenvalue weighted by molar-refractivity contribution is 5.94. The lowest BCUT2D eigenvalue weighted by molar-refractivity contribution is -0.127. The van der Waals surface area contributed by atoms with Crippen molar-refractivity contribution in [3.8, 4) is 0 Å². The molecule has 0 aliphatic rings. The van der Waals surface area contributed by atoms with Gasteiger partial charge in [0.05, 0.1) is 6.54 Å². The highest BCUT2D eigenvalue weighted by atomic mass is 35.5. The molecule has 2 atom stereocenters. The molecule has 112 valence electrons. The summed E-state index contributed by atoms with van der Waals surface area (Å²) >= 11 is 0. The maximum Gasteiger partial charge on any atom is 0.243 e. The minimum absolute atomic E-state index is 0. The number of nitrogens with two attached hydrogens (primary N) is 1.